The average Bonchev–Trinajstić information content (AvgIpc) is 2.03. The van der Waals surface area contributed by atoms with Crippen molar-refractivity contribution in [3.05, 3.63) is 0 Å². The molecule has 0 aliphatic carbocycles. The van der Waals surface area contributed by atoms with Gasteiger partial charge in [0.05, 0.1) is 6.61 Å². The molecule has 0 fully saturated rings. The third-order valence-corrected chi connectivity index (χ3v) is 1.22. The molecule has 0 radical (unpaired) electrons. The Morgan fingerprint density at radius 2 is 2.09 bits per heavy atom. The number of aliphatic hydroxyl groups excluding tert-OH is 1. The molecule has 0 aliphatic rings. The second-order valence-corrected chi connectivity index (χ2v) is 2.23. The molecule has 0 aromatic rings. The van der Waals surface area contributed by atoms with Gasteiger partial charge in [-0.15, -0.1) is 0 Å². The first-order valence-electron chi connectivity index (χ1n) is 4.06. The standard InChI is InChI=1S/C9H16O2/c1-2-3-8-11-9-6-4-5-7-10/h10H,2-3,6-9H2,1H3. The van der Waals surface area contributed by atoms with E-state index in [4.69, 9.17) is 9.84 Å². The van der Waals surface area contributed by atoms with Crippen molar-refractivity contribution < 1.29 is 9.84 Å². The lowest BCUT2D eigenvalue weighted by molar-refractivity contribution is 0.137. The number of unbranched alkanes of at least 4 members (excludes halogenated alkanes) is 1. The first-order valence-corrected chi connectivity index (χ1v) is 4.06. The summed E-state index contributed by atoms with van der Waals surface area (Å²) in [6.07, 6.45) is 3.01. The van der Waals surface area contributed by atoms with Gasteiger partial charge in [0.1, 0.15) is 6.61 Å². The third-order valence-electron chi connectivity index (χ3n) is 1.22. The van der Waals surface area contributed by atoms with Crippen molar-refractivity contribution >= 4 is 0 Å². The molecule has 0 bridgehead atoms. The topological polar surface area (TPSA) is 29.5 Å². The van der Waals surface area contributed by atoms with Crippen molar-refractivity contribution in [2.24, 2.45) is 0 Å². The van der Waals surface area contributed by atoms with Crippen LogP contribution in [0.4, 0.5) is 0 Å². The van der Waals surface area contributed by atoms with Gasteiger partial charge in [0.2, 0.25) is 0 Å². The zero-order valence-corrected chi connectivity index (χ0v) is 7.10. The molecular formula is C9H16O2. The molecule has 0 saturated heterocycles. The number of aliphatic hydroxyl groups is 1. The summed E-state index contributed by atoms with van der Waals surface area (Å²) in [6, 6.07) is 0. The van der Waals surface area contributed by atoms with Crippen LogP contribution in [-0.2, 0) is 4.74 Å². The van der Waals surface area contributed by atoms with Gasteiger partial charge in [-0.25, -0.2) is 0 Å². The van der Waals surface area contributed by atoms with Crippen molar-refractivity contribution in [3.63, 3.8) is 0 Å². The molecule has 0 atom stereocenters. The minimum absolute atomic E-state index is 0.0467. The molecule has 0 aromatic carbocycles. The summed E-state index contributed by atoms with van der Waals surface area (Å²) in [4.78, 5) is 0. The zero-order chi connectivity index (χ0) is 8.36. The smallest absolute Gasteiger partial charge is 0.104 e. The van der Waals surface area contributed by atoms with Gasteiger partial charge in [-0.1, -0.05) is 25.2 Å². The molecule has 11 heavy (non-hydrogen) atoms. The molecule has 0 spiro atoms. The zero-order valence-electron chi connectivity index (χ0n) is 7.10. The second kappa shape index (κ2) is 9.48. The highest BCUT2D eigenvalue weighted by molar-refractivity contribution is 4.98. The molecule has 0 aromatic heterocycles. The van der Waals surface area contributed by atoms with E-state index in [0.717, 1.165) is 19.4 Å². The van der Waals surface area contributed by atoms with Crippen molar-refractivity contribution in [1.82, 2.24) is 0 Å². The number of rotatable bonds is 5. The minimum Gasteiger partial charge on any atom is -0.384 e. The van der Waals surface area contributed by atoms with Crippen molar-refractivity contribution in [1.29, 1.82) is 0 Å². The van der Waals surface area contributed by atoms with E-state index in [1.807, 2.05) is 0 Å². The van der Waals surface area contributed by atoms with Crippen LogP contribution < -0.4 is 0 Å². The van der Waals surface area contributed by atoms with Gasteiger partial charge in [0.25, 0.3) is 0 Å². The Bertz CT molecular complexity index is 121. The quantitative estimate of drug-likeness (QED) is 0.478. The fourth-order valence-corrected chi connectivity index (χ4v) is 0.616. The van der Waals surface area contributed by atoms with Crippen LogP contribution in [0.5, 0.6) is 0 Å². The Balaban J connectivity index is 2.90. The first-order chi connectivity index (χ1) is 5.41. The summed E-state index contributed by atoms with van der Waals surface area (Å²) < 4.78 is 5.24. The Labute approximate surface area is 68.6 Å². The normalized spacial score (nSPS) is 8.91. The lowest BCUT2D eigenvalue weighted by Crippen LogP contribution is -1.95. The highest BCUT2D eigenvalue weighted by Crippen LogP contribution is 1.88. The van der Waals surface area contributed by atoms with Gasteiger partial charge >= 0.3 is 0 Å². The molecule has 1 N–H and O–H groups in total. The Morgan fingerprint density at radius 1 is 1.27 bits per heavy atom. The van der Waals surface area contributed by atoms with E-state index in [0.29, 0.717) is 6.61 Å². The van der Waals surface area contributed by atoms with E-state index in [9.17, 15) is 0 Å². The second-order valence-electron chi connectivity index (χ2n) is 2.23. The SMILES string of the molecule is CCCCOCCC#CCO. The first kappa shape index (κ1) is 10.5. The monoisotopic (exact) mass is 156 g/mol. The van der Waals surface area contributed by atoms with Crippen LogP contribution in [0.1, 0.15) is 26.2 Å². The molecule has 0 rings (SSSR count). The highest BCUT2D eigenvalue weighted by atomic mass is 16.5. The van der Waals surface area contributed by atoms with Crippen LogP contribution in [-0.4, -0.2) is 24.9 Å². The molecule has 0 unspecified atom stereocenters. The molecule has 0 heterocycles. The third kappa shape index (κ3) is 9.48. The number of hydrogen-bond donors (Lipinski definition) is 1. The fourth-order valence-electron chi connectivity index (χ4n) is 0.616. The molecule has 0 saturated carbocycles. The summed E-state index contributed by atoms with van der Waals surface area (Å²) in [5.41, 5.74) is 0. The minimum atomic E-state index is -0.0467. The summed E-state index contributed by atoms with van der Waals surface area (Å²) in [5.74, 6) is 5.35. The molecule has 0 aliphatic heterocycles. The van der Waals surface area contributed by atoms with Gasteiger partial charge in [0, 0.05) is 13.0 Å². The molecule has 2 heteroatoms. The van der Waals surface area contributed by atoms with E-state index in [-0.39, 0.29) is 6.61 Å². The van der Waals surface area contributed by atoms with E-state index >= 15 is 0 Å². The van der Waals surface area contributed by atoms with Crippen molar-refractivity contribution in [2.45, 2.75) is 26.2 Å². The van der Waals surface area contributed by atoms with Crippen molar-refractivity contribution in [2.75, 3.05) is 19.8 Å². The van der Waals surface area contributed by atoms with Gasteiger partial charge in [0.15, 0.2) is 0 Å². The van der Waals surface area contributed by atoms with Crippen LogP contribution in [0, 0.1) is 11.8 Å². The Morgan fingerprint density at radius 3 is 2.73 bits per heavy atom. The largest absolute Gasteiger partial charge is 0.384 e. The van der Waals surface area contributed by atoms with E-state index in [1.54, 1.807) is 0 Å². The molecule has 2 nitrogen and oxygen atoms in total. The Kier molecular flexibility index (Phi) is 9.03. The maximum absolute atomic E-state index is 8.29. The maximum atomic E-state index is 8.29. The highest BCUT2D eigenvalue weighted by Gasteiger charge is 1.83. The van der Waals surface area contributed by atoms with E-state index in [1.165, 1.54) is 6.42 Å². The van der Waals surface area contributed by atoms with Gasteiger partial charge in [-0.3, -0.25) is 0 Å². The fraction of sp³-hybridized carbons (Fsp3) is 0.778. The number of hydrogen-bond acceptors (Lipinski definition) is 2. The van der Waals surface area contributed by atoms with Gasteiger partial charge < -0.3 is 9.84 Å². The number of ether oxygens (including phenoxy) is 1. The molecular weight excluding hydrogens is 140 g/mol. The predicted octanol–water partition coefficient (Wildman–Crippen LogP) is 1.19. The lowest BCUT2D eigenvalue weighted by Gasteiger charge is -1.97. The van der Waals surface area contributed by atoms with Crippen LogP contribution in [0.25, 0.3) is 0 Å². The molecule has 0 amide bonds. The summed E-state index contributed by atoms with van der Waals surface area (Å²) in [7, 11) is 0. The van der Waals surface area contributed by atoms with Crippen LogP contribution in [0.15, 0.2) is 0 Å². The lowest BCUT2D eigenvalue weighted by atomic mass is 10.4. The van der Waals surface area contributed by atoms with Gasteiger partial charge in [-0.2, -0.15) is 0 Å². The Hall–Kier alpha value is -0.520. The average molecular weight is 156 g/mol. The summed E-state index contributed by atoms with van der Waals surface area (Å²) >= 11 is 0. The van der Waals surface area contributed by atoms with Crippen LogP contribution in [0.3, 0.4) is 0 Å². The van der Waals surface area contributed by atoms with Crippen molar-refractivity contribution in [3.8, 4) is 11.8 Å². The van der Waals surface area contributed by atoms with Crippen LogP contribution >= 0.6 is 0 Å². The van der Waals surface area contributed by atoms with E-state index in [2.05, 4.69) is 18.8 Å². The molecule has 64 valence electrons. The van der Waals surface area contributed by atoms with Gasteiger partial charge in [-0.05, 0) is 6.42 Å². The summed E-state index contributed by atoms with van der Waals surface area (Å²) in [6.45, 7) is 3.61. The maximum Gasteiger partial charge on any atom is 0.104 e. The van der Waals surface area contributed by atoms with E-state index < -0.39 is 0 Å². The van der Waals surface area contributed by atoms with Crippen LogP contribution in [0.2, 0.25) is 0 Å². The predicted molar refractivity (Wildman–Crippen MR) is 45.2 cm³/mol. The summed E-state index contributed by atoms with van der Waals surface area (Å²) in [5, 5.41) is 8.29.